The van der Waals surface area contributed by atoms with E-state index in [2.05, 4.69) is 4.98 Å². The number of anilines is 2. The zero-order chi connectivity index (χ0) is 11.8. The normalized spacial score (nSPS) is 10.8. The number of imidazole rings is 1. The molecule has 0 radical (unpaired) electrons. The second-order valence-corrected chi connectivity index (χ2v) is 3.95. The highest BCUT2D eigenvalue weighted by Gasteiger charge is 2.04. The number of hydrogen-bond acceptors (Lipinski definition) is 3. The van der Waals surface area contributed by atoms with Gasteiger partial charge in [0.15, 0.2) is 0 Å². The van der Waals surface area contributed by atoms with Gasteiger partial charge >= 0.3 is 0 Å². The van der Waals surface area contributed by atoms with Crippen LogP contribution in [-0.4, -0.2) is 9.55 Å². The van der Waals surface area contributed by atoms with Crippen LogP contribution in [0, 0.1) is 0 Å². The van der Waals surface area contributed by atoms with Crippen molar-refractivity contribution in [3.63, 3.8) is 0 Å². The topological polar surface area (TPSA) is 69.9 Å². The maximum Gasteiger partial charge on any atom is 0.100 e. The molecule has 0 saturated heterocycles. The SMILES string of the molecule is Nc1ccc(-n2cnc3cc(N)ccc32)cc1. The highest BCUT2D eigenvalue weighted by atomic mass is 15.0. The second-order valence-electron chi connectivity index (χ2n) is 3.95. The van der Waals surface area contributed by atoms with Crippen LogP contribution in [0.1, 0.15) is 0 Å². The number of nitrogens with two attached hydrogens (primary N) is 2. The molecule has 0 spiro atoms. The van der Waals surface area contributed by atoms with Gasteiger partial charge in [0.25, 0.3) is 0 Å². The van der Waals surface area contributed by atoms with E-state index < -0.39 is 0 Å². The third kappa shape index (κ3) is 1.59. The monoisotopic (exact) mass is 224 g/mol. The highest BCUT2D eigenvalue weighted by molar-refractivity contribution is 5.80. The van der Waals surface area contributed by atoms with Gasteiger partial charge in [0, 0.05) is 17.1 Å². The molecule has 4 nitrogen and oxygen atoms in total. The molecule has 1 heterocycles. The summed E-state index contributed by atoms with van der Waals surface area (Å²) >= 11 is 0. The molecule has 0 atom stereocenters. The highest BCUT2D eigenvalue weighted by Crippen LogP contribution is 2.20. The number of rotatable bonds is 1. The number of benzene rings is 2. The minimum atomic E-state index is 0.722. The van der Waals surface area contributed by atoms with Crippen molar-refractivity contribution < 1.29 is 0 Å². The van der Waals surface area contributed by atoms with Gasteiger partial charge in [-0.15, -0.1) is 0 Å². The molecule has 0 aliphatic heterocycles. The number of fused-ring (bicyclic) bond motifs is 1. The van der Waals surface area contributed by atoms with Gasteiger partial charge in [-0.25, -0.2) is 4.98 Å². The van der Waals surface area contributed by atoms with Crippen molar-refractivity contribution in [3.05, 3.63) is 48.8 Å². The van der Waals surface area contributed by atoms with Gasteiger partial charge in [-0.05, 0) is 42.5 Å². The summed E-state index contributed by atoms with van der Waals surface area (Å²) < 4.78 is 2.01. The Kier molecular flexibility index (Phi) is 2.01. The van der Waals surface area contributed by atoms with E-state index in [1.165, 1.54) is 0 Å². The van der Waals surface area contributed by atoms with Crippen LogP contribution in [-0.2, 0) is 0 Å². The first-order valence-corrected chi connectivity index (χ1v) is 5.32. The van der Waals surface area contributed by atoms with Crippen LogP contribution in [0.4, 0.5) is 11.4 Å². The van der Waals surface area contributed by atoms with Crippen molar-refractivity contribution in [3.8, 4) is 5.69 Å². The zero-order valence-corrected chi connectivity index (χ0v) is 9.17. The molecule has 4 N–H and O–H groups in total. The smallest absolute Gasteiger partial charge is 0.100 e. The maximum absolute atomic E-state index is 5.73. The molecule has 3 rings (SSSR count). The molecule has 0 unspecified atom stereocenters. The van der Waals surface area contributed by atoms with Crippen molar-refractivity contribution in [1.82, 2.24) is 9.55 Å². The van der Waals surface area contributed by atoms with Gasteiger partial charge in [0.2, 0.25) is 0 Å². The van der Waals surface area contributed by atoms with Crippen LogP contribution in [0.15, 0.2) is 48.8 Å². The van der Waals surface area contributed by atoms with Gasteiger partial charge in [-0.1, -0.05) is 0 Å². The summed E-state index contributed by atoms with van der Waals surface area (Å²) in [5.41, 5.74) is 15.8. The molecule has 84 valence electrons. The number of aromatic nitrogens is 2. The first-order valence-electron chi connectivity index (χ1n) is 5.32. The molecule has 0 bridgehead atoms. The lowest BCUT2D eigenvalue weighted by Gasteiger charge is -2.04. The van der Waals surface area contributed by atoms with Crippen molar-refractivity contribution in [2.45, 2.75) is 0 Å². The van der Waals surface area contributed by atoms with E-state index in [0.717, 1.165) is 28.1 Å². The Balaban J connectivity index is 2.21. The van der Waals surface area contributed by atoms with E-state index in [0.29, 0.717) is 0 Å². The first-order chi connectivity index (χ1) is 8.24. The zero-order valence-electron chi connectivity index (χ0n) is 9.17. The van der Waals surface area contributed by atoms with E-state index >= 15 is 0 Å². The minimum absolute atomic E-state index is 0.722. The summed E-state index contributed by atoms with van der Waals surface area (Å²) in [5, 5.41) is 0. The molecule has 0 amide bonds. The Bertz CT molecular complexity index is 667. The fourth-order valence-corrected chi connectivity index (χ4v) is 1.87. The second kappa shape index (κ2) is 3.52. The third-order valence-electron chi connectivity index (χ3n) is 2.74. The third-order valence-corrected chi connectivity index (χ3v) is 2.74. The van der Waals surface area contributed by atoms with E-state index in [4.69, 9.17) is 11.5 Å². The summed E-state index contributed by atoms with van der Waals surface area (Å²) in [6.07, 6.45) is 1.79. The van der Waals surface area contributed by atoms with Crippen LogP contribution < -0.4 is 11.5 Å². The van der Waals surface area contributed by atoms with Gasteiger partial charge in [0.05, 0.1) is 11.0 Å². The molecular weight excluding hydrogens is 212 g/mol. The van der Waals surface area contributed by atoms with Crippen LogP contribution in [0.5, 0.6) is 0 Å². The molecule has 2 aromatic carbocycles. The lowest BCUT2D eigenvalue weighted by atomic mass is 10.2. The van der Waals surface area contributed by atoms with Crippen molar-refractivity contribution in [2.24, 2.45) is 0 Å². The van der Waals surface area contributed by atoms with Crippen LogP contribution >= 0.6 is 0 Å². The predicted octanol–water partition coefficient (Wildman–Crippen LogP) is 2.19. The van der Waals surface area contributed by atoms with E-state index in [-0.39, 0.29) is 0 Å². The summed E-state index contributed by atoms with van der Waals surface area (Å²) in [4.78, 5) is 4.33. The summed E-state index contributed by atoms with van der Waals surface area (Å²) in [5.74, 6) is 0. The van der Waals surface area contributed by atoms with Gasteiger partial charge < -0.3 is 11.5 Å². The predicted molar refractivity (Wildman–Crippen MR) is 69.9 cm³/mol. The first kappa shape index (κ1) is 9.72. The van der Waals surface area contributed by atoms with Crippen LogP contribution in [0.2, 0.25) is 0 Å². The number of hydrogen-bond donors (Lipinski definition) is 2. The Morgan fingerprint density at radius 2 is 1.59 bits per heavy atom. The Morgan fingerprint density at radius 1 is 0.882 bits per heavy atom. The molecule has 0 aliphatic rings. The average Bonchev–Trinajstić information content (AvgIpc) is 2.73. The molecule has 0 aliphatic carbocycles. The molecule has 0 fully saturated rings. The number of nitrogen functional groups attached to an aromatic ring is 2. The average molecular weight is 224 g/mol. The largest absolute Gasteiger partial charge is 0.399 e. The Morgan fingerprint density at radius 3 is 2.35 bits per heavy atom. The van der Waals surface area contributed by atoms with Gasteiger partial charge in [-0.2, -0.15) is 0 Å². The minimum Gasteiger partial charge on any atom is -0.399 e. The van der Waals surface area contributed by atoms with Crippen molar-refractivity contribution in [2.75, 3.05) is 11.5 Å². The fourth-order valence-electron chi connectivity index (χ4n) is 1.87. The lowest BCUT2D eigenvalue weighted by Crippen LogP contribution is -1.93. The van der Waals surface area contributed by atoms with E-state index in [1.807, 2.05) is 47.0 Å². The number of nitrogens with zero attached hydrogens (tertiary/aromatic N) is 2. The Labute approximate surface area is 98.5 Å². The molecule has 1 aromatic heterocycles. The van der Waals surface area contributed by atoms with Gasteiger partial charge in [0.1, 0.15) is 6.33 Å². The van der Waals surface area contributed by atoms with E-state index in [1.54, 1.807) is 6.33 Å². The summed E-state index contributed by atoms with van der Waals surface area (Å²) in [7, 11) is 0. The van der Waals surface area contributed by atoms with E-state index in [9.17, 15) is 0 Å². The molecule has 0 saturated carbocycles. The molecular formula is C13H12N4. The fraction of sp³-hybridized carbons (Fsp3) is 0. The van der Waals surface area contributed by atoms with Crippen LogP contribution in [0.3, 0.4) is 0 Å². The summed E-state index contributed by atoms with van der Waals surface area (Å²) in [6, 6.07) is 13.4. The molecule has 17 heavy (non-hydrogen) atoms. The molecule has 4 heteroatoms. The summed E-state index contributed by atoms with van der Waals surface area (Å²) in [6.45, 7) is 0. The van der Waals surface area contributed by atoms with Crippen LogP contribution in [0.25, 0.3) is 16.7 Å². The quantitative estimate of drug-likeness (QED) is 0.622. The molecule has 3 aromatic rings. The maximum atomic E-state index is 5.73. The standard InChI is InChI=1S/C13H12N4/c14-9-1-4-11(5-2-9)17-8-16-12-7-10(15)3-6-13(12)17/h1-8H,14-15H2. The lowest BCUT2D eigenvalue weighted by molar-refractivity contribution is 1.09. The Hall–Kier alpha value is -2.49. The van der Waals surface area contributed by atoms with Gasteiger partial charge in [-0.3, -0.25) is 4.57 Å². The van der Waals surface area contributed by atoms with Crippen molar-refractivity contribution in [1.29, 1.82) is 0 Å². The van der Waals surface area contributed by atoms with Crippen molar-refractivity contribution >= 4 is 22.4 Å².